The Labute approximate surface area is 126 Å². The van der Waals surface area contributed by atoms with Gasteiger partial charge in [0.1, 0.15) is 0 Å². The van der Waals surface area contributed by atoms with Gasteiger partial charge in [-0.05, 0) is 56.1 Å². The lowest BCUT2D eigenvalue weighted by atomic mass is 10.1. The molecule has 0 saturated carbocycles. The Morgan fingerprint density at radius 1 is 1.10 bits per heavy atom. The minimum Gasteiger partial charge on any atom is -0.330 e. The fraction of sp³-hybridized carbons (Fsp3) is 0.278. The fourth-order valence-corrected chi connectivity index (χ4v) is 2.35. The molecule has 3 heteroatoms. The number of benzene rings is 2. The Hall–Kier alpha value is -2.13. The van der Waals surface area contributed by atoms with Crippen LogP contribution >= 0.6 is 0 Å². The van der Waals surface area contributed by atoms with E-state index in [4.69, 9.17) is 5.73 Å². The van der Waals surface area contributed by atoms with Crippen molar-refractivity contribution in [2.24, 2.45) is 5.73 Å². The first-order valence-electron chi connectivity index (χ1n) is 7.27. The summed E-state index contributed by atoms with van der Waals surface area (Å²) >= 11 is 0. The molecule has 0 spiro atoms. The second-order valence-electron chi connectivity index (χ2n) is 5.25. The summed E-state index contributed by atoms with van der Waals surface area (Å²) in [5.74, 6) is 0.0344. The van der Waals surface area contributed by atoms with Crippen LogP contribution in [0.15, 0.2) is 48.5 Å². The van der Waals surface area contributed by atoms with Crippen molar-refractivity contribution < 1.29 is 4.79 Å². The zero-order chi connectivity index (χ0) is 15.2. The number of hydrogen-bond donors (Lipinski definition) is 1. The number of nitrogens with zero attached hydrogens (tertiary/aromatic N) is 1. The molecule has 0 unspecified atom stereocenters. The molecule has 1 amide bonds. The summed E-state index contributed by atoms with van der Waals surface area (Å²) < 4.78 is 0. The van der Waals surface area contributed by atoms with Crippen LogP contribution in [0.3, 0.4) is 0 Å². The fourth-order valence-electron chi connectivity index (χ4n) is 2.35. The summed E-state index contributed by atoms with van der Waals surface area (Å²) in [5, 5.41) is 0. The van der Waals surface area contributed by atoms with Gasteiger partial charge in [0.15, 0.2) is 0 Å². The van der Waals surface area contributed by atoms with Gasteiger partial charge in [0.05, 0.1) is 0 Å². The molecule has 0 aromatic heterocycles. The maximum atomic E-state index is 12.9. The summed E-state index contributed by atoms with van der Waals surface area (Å²) in [6, 6.07) is 15.7. The molecule has 0 saturated heterocycles. The van der Waals surface area contributed by atoms with E-state index in [0.29, 0.717) is 13.1 Å². The number of carbonyl (C=O) groups is 1. The van der Waals surface area contributed by atoms with Gasteiger partial charge >= 0.3 is 0 Å². The topological polar surface area (TPSA) is 46.3 Å². The smallest absolute Gasteiger partial charge is 0.258 e. The van der Waals surface area contributed by atoms with E-state index in [0.717, 1.165) is 28.8 Å². The molecule has 0 radical (unpaired) electrons. The highest BCUT2D eigenvalue weighted by atomic mass is 16.2. The van der Waals surface area contributed by atoms with Crippen molar-refractivity contribution in [1.82, 2.24) is 0 Å². The summed E-state index contributed by atoms with van der Waals surface area (Å²) in [6.07, 6.45) is 0.783. The van der Waals surface area contributed by atoms with E-state index >= 15 is 0 Å². The van der Waals surface area contributed by atoms with Crippen molar-refractivity contribution in [1.29, 1.82) is 0 Å². The van der Waals surface area contributed by atoms with Gasteiger partial charge in [-0.15, -0.1) is 0 Å². The molecule has 2 rings (SSSR count). The highest BCUT2D eigenvalue weighted by Crippen LogP contribution is 2.20. The second kappa shape index (κ2) is 7.04. The Morgan fingerprint density at radius 2 is 1.86 bits per heavy atom. The largest absolute Gasteiger partial charge is 0.330 e. The van der Waals surface area contributed by atoms with Gasteiger partial charge in [-0.3, -0.25) is 4.79 Å². The first kappa shape index (κ1) is 15.3. The van der Waals surface area contributed by atoms with Crippen LogP contribution in [0.5, 0.6) is 0 Å². The zero-order valence-electron chi connectivity index (χ0n) is 12.7. The van der Waals surface area contributed by atoms with Gasteiger partial charge in [-0.2, -0.15) is 0 Å². The minimum absolute atomic E-state index is 0.0344. The molecule has 3 nitrogen and oxygen atoms in total. The SMILES string of the molecule is Cc1cccc(N(CCCN)C(=O)c2ccccc2C)c1. The van der Waals surface area contributed by atoms with E-state index in [-0.39, 0.29) is 5.91 Å². The Bertz CT molecular complexity index is 622. The normalized spacial score (nSPS) is 10.4. The molecular formula is C18H22N2O. The van der Waals surface area contributed by atoms with E-state index in [1.54, 1.807) is 0 Å². The molecule has 110 valence electrons. The number of hydrogen-bond acceptors (Lipinski definition) is 2. The van der Waals surface area contributed by atoms with Crippen molar-refractivity contribution in [3.8, 4) is 0 Å². The first-order valence-corrected chi connectivity index (χ1v) is 7.27. The highest BCUT2D eigenvalue weighted by Gasteiger charge is 2.18. The van der Waals surface area contributed by atoms with Crippen LogP contribution in [0.25, 0.3) is 0 Å². The van der Waals surface area contributed by atoms with Crippen LogP contribution in [-0.4, -0.2) is 19.0 Å². The lowest BCUT2D eigenvalue weighted by molar-refractivity contribution is 0.0986. The van der Waals surface area contributed by atoms with E-state index in [9.17, 15) is 4.79 Å². The van der Waals surface area contributed by atoms with Gasteiger partial charge in [0, 0.05) is 17.8 Å². The molecule has 0 aliphatic carbocycles. The third-order valence-corrected chi connectivity index (χ3v) is 3.52. The molecule has 2 N–H and O–H groups in total. The van der Waals surface area contributed by atoms with Crippen molar-refractivity contribution in [2.45, 2.75) is 20.3 Å². The van der Waals surface area contributed by atoms with Gasteiger partial charge in [-0.1, -0.05) is 30.3 Å². The molecular weight excluding hydrogens is 260 g/mol. The standard InChI is InChI=1S/C18H22N2O/c1-14-7-5-9-16(13-14)20(12-6-11-19)18(21)17-10-4-3-8-15(17)2/h3-5,7-10,13H,6,11-12,19H2,1-2H3. The third kappa shape index (κ3) is 3.70. The van der Waals surface area contributed by atoms with Gasteiger partial charge in [-0.25, -0.2) is 0 Å². The number of carbonyl (C=O) groups excluding carboxylic acids is 1. The highest BCUT2D eigenvalue weighted by molar-refractivity contribution is 6.07. The van der Waals surface area contributed by atoms with Gasteiger partial charge in [0.25, 0.3) is 5.91 Å². The van der Waals surface area contributed by atoms with Crippen molar-refractivity contribution >= 4 is 11.6 Å². The lowest BCUT2D eigenvalue weighted by Gasteiger charge is -2.24. The van der Waals surface area contributed by atoms with Crippen LogP contribution in [0.1, 0.15) is 27.9 Å². The molecule has 0 heterocycles. The maximum absolute atomic E-state index is 12.9. The molecule has 0 bridgehead atoms. The van der Waals surface area contributed by atoms with Gasteiger partial charge < -0.3 is 10.6 Å². The molecule has 2 aromatic rings. The molecule has 0 fully saturated rings. The molecule has 2 aromatic carbocycles. The first-order chi connectivity index (χ1) is 10.1. The lowest BCUT2D eigenvalue weighted by Crippen LogP contribution is -2.33. The average molecular weight is 282 g/mol. The van der Waals surface area contributed by atoms with Gasteiger partial charge in [0.2, 0.25) is 0 Å². The van der Waals surface area contributed by atoms with Crippen LogP contribution in [0.2, 0.25) is 0 Å². The Kier molecular flexibility index (Phi) is 5.12. The summed E-state index contributed by atoms with van der Waals surface area (Å²) in [7, 11) is 0. The van der Waals surface area contributed by atoms with E-state index in [1.807, 2.05) is 67.3 Å². The number of anilines is 1. The summed E-state index contributed by atoms with van der Waals surface area (Å²) in [4.78, 5) is 14.7. The Balaban J connectivity index is 2.36. The van der Waals surface area contributed by atoms with E-state index < -0.39 is 0 Å². The predicted molar refractivity (Wildman–Crippen MR) is 87.7 cm³/mol. The average Bonchev–Trinajstić information content (AvgIpc) is 2.48. The van der Waals surface area contributed by atoms with Crippen molar-refractivity contribution in [3.05, 3.63) is 65.2 Å². The van der Waals surface area contributed by atoms with Crippen LogP contribution in [0, 0.1) is 13.8 Å². The maximum Gasteiger partial charge on any atom is 0.258 e. The molecule has 0 aliphatic rings. The molecule has 0 aliphatic heterocycles. The molecule has 21 heavy (non-hydrogen) atoms. The zero-order valence-corrected chi connectivity index (χ0v) is 12.7. The van der Waals surface area contributed by atoms with Crippen LogP contribution in [0.4, 0.5) is 5.69 Å². The quantitative estimate of drug-likeness (QED) is 0.914. The van der Waals surface area contributed by atoms with Crippen LogP contribution < -0.4 is 10.6 Å². The summed E-state index contributed by atoms with van der Waals surface area (Å²) in [6.45, 7) is 5.20. The second-order valence-corrected chi connectivity index (χ2v) is 5.25. The third-order valence-electron chi connectivity index (χ3n) is 3.52. The number of nitrogens with two attached hydrogens (primary N) is 1. The Morgan fingerprint density at radius 3 is 2.52 bits per heavy atom. The van der Waals surface area contributed by atoms with Crippen LogP contribution in [-0.2, 0) is 0 Å². The van der Waals surface area contributed by atoms with E-state index in [2.05, 4.69) is 0 Å². The van der Waals surface area contributed by atoms with Crippen molar-refractivity contribution in [3.63, 3.8) is 0 Å². The van der Waals surface area contributed by atoms with E-state index in [1.165, 1.54) is 0 Å². The summed E-state index contributed by atoms with van der Waals surface area (Å²) in [5.41, 5.74) is 9.42. The number of amides is 1. The minimum atomic E-state index is 0.0344. The number of rotatable bonds is 5. The van der Waals surface area contributed by atoms with Crippen molar-refractivity contribution in [2.75, 3.05) is 18.0 Å². The predicted octanol–water partition coefficient (Wildman–Crippen LogP) is 3.30. The monoisotopic (exact) mass is 282 g/mol. The number of aryl methyl sites for hydroxylation is 2. The molecule has 0 atom stereocenters.